The van der Waals surface area contributed by atoms with Crippen molar-refractivity contribution in [2.45, 2.75) is 4.90 Å². The van der Waals surface area contributed by atoms with Crippen LogP contribution < -0.4 is 4.83 Å². The molecule has 2 aromatic carbocycles. The van der Waals surface area contributed by atoms with Gasteiger partial charge in [-0.25, -0.2) is 0 Å². The minimum absolute atomic E-state index is 0.166. The quantitative estimate of drug-likeness (QED) is 0.485. The molecule has 0 amide bonds. The molecule has 0 bridgehead atoms. The Morgan fingerprint density at radius 3 is 2.29 bits per heavy atom. The van der Waals surface area contributed by atoms with E-state index in [0.717, 1.165) is 5.56 Å². The van der Waals surface area contributed by atoms with Gasteiger partial charge in [0.05, 0.1) is 10.6 Å². The molecule has 0 aromatic heterocycles. The fraction of sp³-hybridized carbons (Fsp3) is 0.0714. The van der Waals surface area contributed by atoms with E-state index in [1.165, 1.54) is 12.1 Å². The monoisotopic (exact) mass is 386 g/mol. The van der Waals surface area contributed by atoms with Crippen LogP contribution >= 0.6 is 27.5 Å². The number of sulfonamides is 1. The van der Waals surface area contributed by atoms with Gasteiger partial charge >= 0.3 is 0 Å². The molecule has 0 aliphatic carbocycles. The summed E-state index contributed by atoms with van der Waals surface area (Å²) in [4.78, 5) is 2.40. The van der Waals surface area contributed by atoms with Crippen molar-refractivity contribution < 1.29 is 8.42 Å². The molecule has 0 radical (unpaired) electrons. The zero-order valence-corrected chi connectivity index (χ0v) is 14.0. The number of hydrogen-bond donors (Lipinski definition) is 1. The van der Waals surface area contributed by atoms with Crippen molar-refractivity contribution in [1.82, 2.24) is 4.83 Å². The molecule has 0 heterocycles. The Balaban J connectivity index is 2.24. The molecule has 1 N–H and O–H groups in total. The summed E-state index contributed by atoms with van der Waals surface area (Å²) >= 11 is 9.12. The van der Waals surface area contributed by atoms with Crippen LogP contribution in [0.25, 0.3) is 0 Å². The van der Waals surface area contributed by atoms with Crippen LogP contribution in [0.15, 0.2) is 64.6 Å². The highest BCUT2D eigenvalue weighted by atomic mass is 79.9. The maximum Gasteiger partial charge on any atom is 0.276 e. The van der Waals surface area contributed by atoms with E-state index in [2.05, 4.69) is 25.9 Å². The molecule has 0 atom stereocenters. The first-order valence-electron chi connectivity index (χ1n) is 5.98. The maximum atomic E-state index is 12.1. The van der Waals surface area contributed by atoms with E-state index >= 15 is 0 Å². The first kappa shape index (κ1) is 16.0. The second-order valence-electron chi connectivity index (χ2n) is 4.11. The van der Waals surface area contributed by atoms with Crippen LogP contribution in [0.5, 0.6) is 0 Å². The van der Waals surface area contributed by atoms with Crippen LogP contribution in [0, 0.1) is 0 Å². The van der Waals surface area contributed by atoms with Gasteiger partial charge in [-0.3, -0.25) is 0 Å². The van der Waals surface area contributed by atoms with E-state index in [0.29, 0.717) is 16.1 Å². The molecule has 7 heteroatoms. The smallest absolute Gasteiger partial charge is 0.200 e. The normalized spacial score (nSPS) is 12.2. The van der Waals surface area contributed by atoms with Crippen molar-refractivity contribution in [3.8, 4) is 0 Å². The summed E-state index contributed by atoms with van der Waals surface area (Å²) in [5.41, 5.74) is 1.35. The van der Waals surface area contributed by atoms with E-state index in [-0.39, 0.29) is 4.90 Å². The third-order valence-electron chi connectivity index (χ3n) is 2.66. The van der Waals surface area contributed by atoms with Gasteiger partial charge in [0.15, 0.2) is 0 Å². The van der Waals surface area contributed by atoms with Gasteiger partial charge in [0.25, 0.3) is 10.0 Å². The third-order valence-corrected chi connectivity index (χ3v) is 4.67. The van der Waals surface area contributed by atoms with Gasteiger partial charge in [-0.1, -0.05) is 57.9 Å². The lowest BCUT2D eigenvalue weighted by molar-refractivity contribution is 0.584. The average molecular weight is 388 g/mol. The molecule has 0 spiro atoms. The minimum atomic E-state index is -3.67. The van der Waals surface area contributed by atoms with Gasteiger partial charge in [-0.05, 0) is 29.8 Å². The molecule has 0 saturated carbocycles. The number of hydrazone groups is 1. The minimum Gasteiger partial charge on any atom is -0.200 e. The van der Waals surface area contributed by atoms with Crippen LogP contribution in [0.4, 0.5) is 0 Å². The first-order chi connectivity index (χ1) is 10.0. The average Bonchev–Trinajstić information content (AvgIpc) is 2.50. The molecule has 2 rings (SSSR count). The summed E-state index contributed by atoms with van der Waals surface area (Å²) in [7, 11) is -3.67. The second-order valence-corrected chi connectivity index (χ2v) is 6.76. The standard InChI is InChI=1S/C14H12BrClN2O2S/c15-10-14(11-6-8-12(16)9-7-11)17-18-21(19,20)13-4-2-1-3-5-13/h1-9,18H,10H2/b17-14+. The number of benzene rings is 2. The largest absolute Gasteiger partial charge is 0.276 e. The van der Waals surface area contributed by atoms with Crippen LogP contribution in [0.3, 0.4) is 0 Å². The summed E-state index contributed by atoms with van der Waals surface area (Å²) in [6, 6.07) is 15.1. The Bertz CT molecular complexity index is 731. The van der Waals surface area contributed by atoms with E-state index in [1.54, 1.807) is 42.5 Å². The Labute approximate surface area is 137 Å². The fourth-order valence-corrected chi connectivity index (χ4v) is 3.01. The summed E-state index contributed by atoms with van der Waals surface area (Å²) < 4.78 is 24.2. The molecular formula is C14H12BrClN2O2S. The number of rotatable bonds is 5. The van der Waals surface area contributed by atoms with Crippen molar-refractivity contribution in [2.24, 2.45) is 5.10 Å². The lowest BCUT2D eigenvalue weighted by Gasteiger charge is -2.06. The van der Waals surface area contributed by atoms with Crippen molar-refractivity contribution in [2.75, 3.05) is 5.33 Å². The highest BCUT2D eigenvalue weighted by Gasteiger charge is 2.12. The molecular weight excluding hydrogens is 376 g/mol. The second kappa shape index (κ2) is 7.06. The lowest BCUT2D eigenvalue weighted by Crippen LogP contribution is -2.21. The third kappa shape index (κ3) is 4.30. The number of nitrogens with zero attached hydrogens (tertiary/aromatic N) is 1. The zero-order chi connectivity index (χ0) is 15.3. The van der Waals surface area contributed by atoms with Gasteiger partial charge in [-0.15, -0.1) is 0 Å². The lowest BCUT2D eigenvalue weighted by atomic mass is 10.1. The first-order valence-corrected chi connectivity index (χ1v) is 8.96. The highest BCUT2D eigenvalue weighted by molar-refractivity contribution is 9.09. The van der Waals surface area contributed by atoms with Crippen LogP contribution in [0.1, 0.15) is 5.56 Å². The summed E-state index contributed by atoms with van der Waals surface area (Å²) in [6.07, 6.45) is 0. The highest BCUT2D eigenvalue weighted by Crippen LogP contribution is 2.12. The SMILES string of the molecule is O=S(=O)(N/N=C(\CBr)c1ccc(Cl)cc1)c1ccccc1. The van der Waals surface area contributed by atoms with Gasteiger partial charge in [0.2, 0.25) is 0 Å². The Morgan fingerprint density at radius 1 is 1.10 bits per heavy atom. The molecule has 0 saturated heterocycles. The van der Waals surface area contributed by atoms with Gasteiger partial charge in [0, 0.05) is 10.4 Å². The van der Waals surface area contributed by atoms with Crippen molar-refractivity contribution >= 4 is 43.3 Å². The molecule has 0 aliphatic heterocycles. The number of hydrogen-bond acceptors (Lipinski definition) is 3. The predicted molar refractivity (Wildman–Crippen MR) is 88.5 cm³/mol. The maximum absolute atomic E-state index is 12.1. The van der Waals surface area contributed by atoms with Gasteiger partial charge in [0.1, 0.15) is 0 Å². The Morgan fingerprint density at radius 2 is 1.71 bits per heavy atom. The Kier molecular flexibility index (Phi) is 5.39. The Hall–Kier alpha value is -1.37. The van der Waals surface area contributed by atoms with E-state index in [9.17, 15) is 8.42 Å². The predicted octanol–water partition coefficient (Wildman–Crippen LogP) is 3.42. The number of halogens is 2. The molecule has 0 unspecified atom stereocenters. The van der Waals surface area contributed by atoms with Crippen LogP contribution in [-0.2, 0) is 10.0 Å². The van der Waals surface area contributed by atoms with E-state index in [4.69, 9.17) is 11.6 Å². The number of alkyl halides is 1. The van der Waals surface area contributed by atoms with Crippen LogP contribution in [-0.4, -0.2) is 19.5 Å². The molecule has 110 valence electrons. The summed E-state index contributed by atoms with van der Waals surface area (Å²) in [5, 5.41) is 5.00. The number of nitrogens with one attached hydrogen (secondary N) is 1. The fourth-order valence-electron chi connectivity index (χ4n) is 1.58. The van der Waals surface area contributed by atoms with E-state index < -0.39 is 10.0 Å². The summed E-state index contributed by atoms with van der Waals surface area (Å²) in [6.45, 7) is 0. The molecule has 4 nitrogen and oxygen atoms in total. The molecule has 2 aromatic rings. The van der Waals surface area contributed by atoms with Crippen molar-refractivity contribution in [3.63, 3.8) is 0 Å². The van der Waals surface area contributed by atoms with Gasteiger partial charge < -0.3 is 0 Å². The summed E-state index contributed by atoms with van der Waals surface area (Å²) in [5.74, 6) is 0. The molecule has 0 fully saturated rings. The zero-order valence-electron chi connectivity index (χ0n) is 10.8. The van der Waals surface area contributed by atoms with Crippen molar-refractivity contribution in [3.05, 3.63) is 65.2 Å². The van der Waals surface area contributed by atoms with Crippen molar-refractivity contribution in [1.29, 1.82) is 0 Å². The molecule has 21 heavy (non-hydrogen) atoms. The topological polar surface area (TPSA) is 58.5 Å². The van der Waals surface area contributed by atoms with Crippen LogP contribution in [0.2, 0.25) is 5.02 Å². The van der Waals surface area contributed by atoms with E-state index in [1.807, 2.05) is 0 Å². The molecule has 0 aliphatic rings. The van der Waals surface area contributed by atoms with Gasteiger partial charge in [-0.2, -0.15) is 18.4 Å².